The summed E-state index contributed by atoms with van der Waals surface area (Å²) in [5, 5.41) is 4.00. The first-order chi connectivity index (χ1) is 12.7. The highest BCUT2D eigenvalue weighted by Gasteiger charge is 2.14. The van der Waals surface area contributed by atoms with Gasteiger partial charge in [0.25, 0.3) is 0 Å². The molecule has 3 aromatic rings. The Bertz CT molecular complexity index is 892. The molecule has 0 radical (unpaired) electrons. The second-order valence-corrected chi connectivity index (χ2v) is 5.85. The van der Waals surface area contributed by atoms with Crippen LogP contribution in [0.3, 0.4) is 0 Å². The molecule has 3 rings (SSSR count). The summed E-state index contributed by atoms with van der Waals surface area (Å²) in [6, 6.07) is 11.6. The lowest BCUT2D eigenvalue weighted by molar-refractivity contribution is -0.120. The third-order valence-electron chi connectivity index (χ3n) is 4.24. The smallest absolute Gasteiger partial charge is 0.224 e. The number of ether oxygens (including phenoxy) is 3. The summed E-state index contributed by atoms with van der Waals surface area (Å²) in [6.07, 6.45) is 2.19. The monoisotopic (exact) mass is 354 g/mol. The van der Waals surface area contributed by atoms with Gasteiger partial charge < -0.3 is 24.5 Å². The highest BCUT2D eigenvalue weighted by Crippen LogP contribution is 2.38. The number of rotatable bonds is 7. The molecule has 0 saturated carbocycles. The van der Waals surface area contributed by atoms with Gasteiger partial charge in [0.1, 0.15) is 0 Å². The number of para-hydroxylation sites is 1. The lowest BCUT2D eigenvalue weighted by Gasteiger charge is -2.14. The van der Waals surface area contributed by atoms with Gasteiger partial charge in [-0.3, -0.25) is 4.79 Å². The Balaban J connectivity index is 1.69. The minimum atomic E-state index is -0.0523. The predicted molar refractivity (Wildman–Crippen MR) is 99.9 cm³/mol. The van der Waals surface area contributed by atoms with Crippen LogP contribution in [0.2, 0.25) is 0 Å². The summed E-state index contributed by atoms with van der Waals surface area (Å²) in [6.45, 7) is 0.373. The molecule has 6 nitrogen and oxygen atoms in total. The average Bonchev–Trinajstić information content (AvgIpc) is 3.08. The maximum absolute atomic E-state index is 12.3. The van der Waals surface area contributed by atoms with Gasteiger partial charge in [-0.05, 0) is 29.3 Å². The van der Waals surface area contributed by atoms with Crippen molar-refractivity contribution in [3.05, 3.63) is 53.7 Å². The van der Waals surface area contributed by atoms with Crippen LogP contribution in [-0.4, -0.2) is 32.2 Å². The van der Waals surface area contributed by atoms with Crippen molar-refractivity contribution >= 4 is 16.8 Å². The molecule has 0 unspecified atom stereocenters. The van der Waals surface area contributed by atoms with E-state index < -0.39 is 0 Å². The standard InChI is InChI=1S/C20H22N2O4/c1-24-17-8-13(9-18(25-2)20(17)26-3)11-22-19(23)10-14-12-21-16-7-5-4-6-15(14)16/h4-9,12,21H,10-11H2,1-3H3,(H,22,23). The summed E-state index contributed by atoms with van der Waals surface area (Å²) >= 11 is 0. The molecule has 0 saturated heterocycles. The summed E-state index contributed by atoms with van der Waals surface area (Å²) in [5.41, 5.74) is 2.87. The van der Waals surface area contributed by atoms with Crippen LogP contribution in [-0.2, 0) is 17.8 Å². The van der Waals surface area contributed by atoms with E-state index >= 15 is 0 Å². The van der Waals surface area contributed by atoms with Gasteiger partial charge in [-0.2, -0.15) is 0 Å². The van der Waals surface area contributed by atoms with E-state index in [1.54, 1.807) is 21.3 Å². The van der Waals surface area contributed by atoms with Crippen LogP contribution in [0.1, 0.15) is 11.1 Å². The number of carbonyl (C=O) groups is 1. The normalized spacial score (nSPS) is 10.6. The second-order valence-electron chi connectivity index (χ2n) is 5.85. The van der Waals surface area contributed by atoms with Gasteiger partial charge in [-0.15, -0.1) is 0 Å². The number of hydrogen-bond acceptors (Lipinski definition) is 4. The number of hydrogen-bond donors (Lipinski definition) is 2. The first-order valence-corrected chi connectivity index (χ1v) is 8.26. The van der Waals surface area contributed by atoms with E-state index in [0.29, 0.717) is 30.2 Å². The summed E-state index contributed by atoms with van der Waals surface area (Å²) < 4.78 is 16.0. The first kappa shape index (κ1) is 17.7. The molecular formula is C20H22N2O4. The zero-order chi connectivity index (χ0) is 18.5. The van der Waals surface area contributed by atoms with E-state index in [1.165, 1.54) is 0 Å². The van der Waals surface area contributed by atoms with E-state index in [-0.39, 0.29) is 5.91 Å². The molecule has 0 aliphatic heterocycles. The second kappa shape index (κ2) is 7.82. The van der Waals surface area contributed by atoms with Crippen LogP contribution in [0.25, 0.3) is 10.9 Å². The minimum absolute atomic E-state index is 0.0523. The number of amides is 1. The molecule has 0 bridgehead atoms. The highest BCUT2D eigenvalue weighted by molar-refractivity contribution is 5.88. The van der Waals surface area contributed by atoms with Crippen LogP contribution in [0.15, 0.2) is 42.6 Å². The van der Waals surface area contributed by atoms with Crippen molar-refractivity contribution in [3.8, 4) is 17.2 Å². The van der Waals surface area contributed by atoms with Crippen LogP contribution >= 0.6 is 0 Å². The quantitative estimate of drug-likeness (QED) is 0.684. The molecule has 1 heterocycles. The van der Waals surface area contributed by atoms with Gasteiger partial charge in [0.05, 0.1) is 27.8 Å². The lowest BCUT2D eigenvalue weighted by Crippen LogP contribution is -2.24. The number of carbonyl (C=O) groups excluding carboxylic acids is 1. The summed E-state index contributed by atoms with van der Waals surface area (Å²) in [5.74, 6) is 1.60. The molecule has 2 aromatic carbocycles. The predicted octanol–water partition coefficient (Wildman–Crippen LogP) is 3.05. The van der Waals surface area contributed by atoms with E-state index in [0.717, 1.165) is 22.0 Å². The Kier molecular flexibility index (Phi) is 5.31. The largest absolute Gasteiger partial charge is 0.493 e. The number of fused-ring (bicyclic) bond motifs is 1. The van der Waals surface area contributed by atoms with E-state index in [9.17, 15) is 4.79 Å². The van der Waals surface area contributed by atoms with Crippen molar-refractivity contribution in [2.24, 2.45) is 0 Å². The fourth-order valence-corrected chi connectivity index (χ4v) is 2.95. The lowest BCUT2D eigenvalue weighted by atomic mass is 10.1. The molecule has 26 heavy (non-hydrogen) atoms. The zero-order valence-electron chi connectivity index (χ0n) is 15.1. The Labute approximate surface area is 152 Å². The average molecular weight is 354 g/mol. The Hall–Kier alpha value is -3.15. The van der Waals surface area contributed by atoms with Crippen molar-refractivity contribution in [1.29, 1.82) is 0 Å². The van der Waals surface area contributed by atoms with Crippen molar-refractivity contribution in [3.63, 3.8) is 0 Å². The van der Waals surface area contributed by atoms with E-state index in [1.807, 2.05) is 42.6 Å². The molecule has 1 aromatic heterocycles. The number of aromatic amines is 1. The SMILES string of the molecule is COc1cc(CNC(=O)Cc2c[nH]c3ccccc23)cc(OC)c1OC. The third kappa shape index (κ3) is 3.59. The summed E-state index contributed by atoms with van der Waals surface area (Å²) in [4.78, 5) is 15.5. The van der Waals surface area contributed by atoms with Crippen LogP contribution in [0, 0.1) is 0 Å². The summed E-state index contributed by atoms with van der Waals surface area (Å²) in [7, 11) is 4.69. The number of aromatic nitrogens is 1. The third-order valence-corrected chi connectivity index (χ3v) is 4.24. The van der Waals surface area contributed by atoms with Crippen molar-refractivity contribution in [2.75, 3.05) is 21.3 Å². The molecule has 0 fully saturated rings. The zero-order valence-corrected chi connectivity index (χ0v) is 15.1. The topological polar surface area (TPSA) is 72.6 Å². The van der Waals surface area contributed by atoms with E-state index in [2.05, 4.69) is 10.3 Å². The number of H-pyrrole nitrogens is 1. The molecular weight excluding hydrogens is 332 g/mol. The first-order valence-electron chi connectivity index (χ1n) is 8.26. The van der Waals surface area contributed by atoms with Crippen LogP contribution in [0.4, 0.5) is 0 Å². The maximum atomic E-state index is 12.3. The van der Waals surface area contributed by atoms with Gasteiger partial charge in [0, 0.05) is 23.6 Å². The van der Waals surface area contributed by atoms with Crippen LogP contribution in [0.5, 0.6) is 17.2 Å². The van der Waals surface area contributed by atoms with Gasteiger partial charge in [-0.1, -0.05) is 18.2 Å². The Morgan fingerprint density at radius 1 is 1.04 bits per heavy atom. The van der Waals surface area contributed by atoms with Gasteiger partial charge >= 0.3 is 0 Å². The van der Waals surface area contributed by atoms with Gasteiger partial charge in [0.2, 0.25) is 11.7 Å². The van der Waals surface area contributed by atoms with Gasteiger partial charge in [0.15, 0.2) is 11.5 Å². The molecule has 136 valence electrons. The van der Waals surface area contributed by atoms with Crippen molar-refractivity contribution in [1.82, 2.24) is 10.3 Å². The number of methoxy groups -OCH3 is 3. The van der Waals surface area contributed by atoms with Crippen molar-refractivity contribution < 1.29 is 19.0 Å². The molecule has 0 spiro atoms. The van der Waals surface area contributed by atoms with Crippen molar-refractivity contribution in [2.45, 2.75) is 13.0 Å². The Morgan fingerprint density at radius 2 is 1.73 bits per heavy atom. The molecule has 0 atom stereocenters. The number of nitrogens with one attached hydrogen (secondary N) is 2. The molecule has 6 heteroatoms. The maximum Gasteiger partial charge on any atom is 0.224 e. The minimum Gasteiger partial charge on any atom is -0.493 e. The van der Waals surface area contributed by atoms with E-state index in [4.69, 9.17) is 14.2 Å². The highest BCUT2D eigenvalue weighted by atomic mass is 16.5. The fourth-order valence-electron chi connectivity index (χ4n) is 2.95. The number of benzene rings is 2. The Morgan fingerprint density at radius 3 is 2.38 bits per heavy atom. The fraction of sp³-hybridized carbons (Fsp3) is 0.250. The van der Waals surface area contributed by atoms with Gasteiger partial charge in [-0.25, -0.2) is 0 Å². The van der Waals surface area contributed by atoms with Crippen LogP contribution < -0.4 is 19.5 Å². The molecule has 0 aliphatic rings. The molecule has 2 N–H and O–H groups in total. The molecule has 0 aliphatic carbocycles. The molecule has 1 amide bonds.